The van der Waals surface area contributed by atoms with E-state index in [1.165, 1.54) is 5.56 Å². The summed E-state index contributed by atoms with van der Waals surface area (Å²) in [6.45, 7) is 2.59. The molecule has 0 radical (unpaired) electrons. The van der Waals surface area contributed by atoms with Crippen LogP contribution in [0.25, 0.3) is 0 Å². The number of amides is 4. The highest BCUT2D eigenvalue weighted by Crippen LogP contribution is 2.29. The standard InChI is InChI=1S/C22H30N4O3/c27-20(15-26-21(28)18-8-4-5-9-19(18)24-22(26)29)23-17-10-12-25(13-11-17)14-16-6-2-1-3-7-16/h1-3,6-7,17-19H,4-5,8-15H2,(H,23,27)(H,24,29). The Morgan fingerprint density at radius 3 is 2.52 bits per heavy atom. The number of fused-ring (bicyclic) bond motifs is 1. The quantitative estimate of drug-likeness (QED) is 0.794. The molecule has 4 amide bonds. The van der Waals surface area contributed by atoms with Crippen LogP contribution in [0.2, 0.25) is 0 Å². The molecule has 2 saturated heterocycles. The molecule has 7 heteroatoms. The Morgan fingerprint density at radius 2 is 1.76 bits per heavy atom. The van der Waals surface area contributed by atoms with Crippen molar-refractivity contribution in [2.75, 3.05) is 19.6 Å². The van der Waals surface area contributed by atoms with Gasteiger partial charge >= 0.3 is 6.03 Å². The fraction of sp³-hybridized carbons (Fsp3) is 0.591. The molecule has 0 spiro atoms. The average molecular weight is 399 g/mol. The number of carbonyl (C=O) groups excluding carboxylic acids is 3. The SMILES string of the molecule is O=C(CN1C(=O)NC2CCCCC2C1=O)NC1CCN(Cc2ccccc2)CC1. The number of carbonyl (C=O) groups is 3. The number of urea groups is 1. The summed E-state index contributed by atoms with van der Waals surface area (Å²) in [5, 5.41) is 5.94. The molecule has 2 aliphatic heterocycles. The maximum atomic E-state index is 12.7. The van der Waals surface area contributed by atoms with Gasteiger partial charge in [-0.15, -0.1) is 0 Å². The zero-order chi connectivity index (χ0) is 20.2. The van der Waals surface area contributed by atoms with Crippen LogP contribution in [0.3, 0.4) is 0 Å². The van der Waals surface area contributed by atoms with E-state index < -0.39 is 6.03 Å². The second-order valence-electron chi connectivity index (χ2n) is 8.47. The lowest BCUT2D eigenvalue weighted by atomic mass is 9.82. The van der Waals surface area contributed by atoms with Crippen molar-refractivity contribution in [3.63, 3.8) is 0 Å². The Hall–Kier alpha value is -2.41. The first-order valence-electron chi connectivity index (χ1n) is 10.8. The van der Waals surface area contributed by atoms with Gasteiger partial charge in [-0.1, -0.05) is 43.2 Å². The predicted octanol–water partition coefficient (Wildman–Crippen LogP) is 1.88. The Kier molecular flexibility index (Phi) is 6.13. The van der Waals surface area contributed by atoms with Crippen LogP contribution in [-0.4, -0.2) is 59.4 Å². The van der Waals surface area contributed by atoms with E-state index in [0.29, 0.717) is 0 Å². The summed E-state index contributed by atoms with van der Waals surface area (Å²) >= 11 is 0. The van der Waals surface area contributed by atoms with Gasteiger partial charge in [0.2, 0.25) is 11.8 Å². The van der Waals surface area contributed by atoms with Crippen LogP contribution in [0.4, 0.5) is 4.79 Å². The molecule has 0 bridgehead atoms. The van der Waals surface area contributed by atoms with Crippen molar-refractivity contribution in [3.8, 4) is 0 Å². The number of hydrogen-bond donors (Lipinski definition) is 2. The number of nitrogens with one attached hydrogen (secondary N) is 2. The van der Waals surface area contributed by atoms with Crippen molar-refractivity contribution in [1.82, 2.24) is 20.4 Å². The molecule has 3 aliphatic rings. The number of rotatable bonds is 5. The number of nitrogens with zero attached hydrogens (tertiary/aromatic N) is 2. The van der Waals surface area contributed by atoms with Crippen LogP contribution in [0.5, 0.6) is 0 Å². The van der Waals surface area contributed by atoms with E-state index in [1.54, 1.807) is 0 Å². The zero-order valence-corrected chi connectivity index (χ0v) is 16.8. The van der Waals surface area contributed by atoms with E-state index in [9.17, 15) is 14.4 Å². The normalized spacial score (nSPS) is 26.0. The largest absolute Gasteiger partial charge is 0.352 e. The van der Waals surface area contributed by atoms with E-state index in [-0.39, 0.29) is 36.4 Å². The molecule has 2 atom stereocenters. The van der Waals surface area contributed by atoms with Gasteiger partial charge in [0.1, 0.15) is 6.54 Å². The minimum absolute atomic E-state index is 0.0583. The van der Waals surface area contributed by atoms with Crippen LogP contribution >= 0.6 is 0 Å². The van der Waals surface area contributed by atoms with Gasteiger partial charge in [0.15, 0.2) is 0 Å². The molecule has 7 nitrogen and oxygen atoms in total. The summed E-state index contributed by atoms with van der Waals surface area (Å²) in [6.07, 6.45) is 5.45. The predicted molar refractivity (Wildman–Crippen MR) is 109 cm³/mol. The van der Waals surface area contributed by atoms with Crippen molar-refractivity contribution in [1.29, 1.82) is 0 Å². The first-order valence-corrected chi connectivity index (χ1v) is 10.8. The molecule has 3 fully saturated rings. The van der Waals surface area contributed by atoms with Gasteiger partial charge in [0.05, 0.1) is 5.92 Å². The number of piperidine rings is 1. The van der Waals surface area contributed by atoms with Crippen molar-refractivity contribution in [3.05, 3.63) is 35.9 Å². The minimum Gasteiger partial charge on any atom is -0.352 e. The fourth-order valence-corrected chi connectivity index (χ4v) is 4.78. The number of benzene rings is 1. The summed E-state index contributed by atoms with van der Waals surface area (Å²) in [4.78, 5) is 41.0. The van der Waals surface area contributed by atoms with Gasteiger partial charge < -0.3 is 10.6 Å². The van der Waals surface area contributed by atoms with Gasteiger partial charge in [0.25, 0.3) is 0 Å². The molecule has 1 saturated carbocycles. The molecule has 0 aromatic heterocycles. The molecule has 1 aromatic carbocycles. The highest BCUT2D eigenvalue weighted by atomic mass is 16.2. The number of imide groups is 1. The topological polar surface area (TPSA) is 81.8 Å². The monoisotopic (exact) mass is 398 g/mol. The average Bonchev–Trinajstić information content (AvgIpc) is 2.73. The summed E-state index contributed by atoms with van der Waals surface area (Å²) < 4.78 is 0. The molecule has 29 heavy (non-hydrogen) atoms. The first kappa shape index (κ1) is 19.9. The minimum atomic E-state index is -0.425. The highest BCUT2D eigenvalue weighted by molar-refractivity contribution is 6.01. The molecule has 2 heterocycles. The second-order valence-corrected chi connectivity index (χ2v) is 8.47. The molecular formula is C22H30N4O3. The Balaban J connectivity index is 1.24. The third-order valence-corrected chi connectivity index (χ3v) is 6.41. The van der Waals surface area contributed by atoms with Crippen LogP contribution in [0.15, 0.2) is 30.3 Å². The van der Waals surface area contributed by atoms with Gasteiger partial charge in [-0.25, -0.2) is 4.79 Å². The number of likely N-dealkylation sites (tertiary alicyclic amines) is 1. The van der Waals surface area contributed by atoms with Gasteiger partial charge in [-0.05, 0) is 31.2 Å². The smallest absolute Gasteiger partial charge is 0.324 e. The third kappa shape index (κ3) is 4.78. The van der Waals surface area contributed by atoms with E-state index >= 15 is 0 Å². The summed E-state index contributed by atoms with van der Waals surface area (Å²) in [6, 6.07) is 10.00. The first-order chi connectivity index (χ1) is 14.1. The molecular weight excluding hydrogens is 368 g/mol. The lowest BCUT2D eigenvalue weighted by molar-refractivity contribution is -0.140. The van der Waals surface area contributed by atoms with Crippen LogP contribution < -0.4 is 10.6 Å². The maximum Gasteiger partial charge on any atom is 0.324 e. The van der Waals surface area contributed by atoms with Crippen molar-refractivity contribution < 1.29 is 14.4 Å². The van der Waals surface area contributed by atoms with E-state index in [4.69, 9.17) is 0 Å². The van der Waals surface area contributed by atoms with Gasteiger partial charge in [0, 0.05) is 31.7 Å². The molecule has 1 aromatic rings. The zero-order valence-electron chi connectivity index (χ0n) is 16.8. The maximum absolute atomic E-state index is 12.7. The van der Waals surface area contributed by atoms with Gasteiger partial charge in [-0.2, -0.15) is 0 Å². The third-order valence-electron chi connectivity index (χ3n) is 6.41. The molecule has 1 aliphatic carbocycles. The van der Waals surface area contributed by atoms with Crippen LogP contribution in [0.1, 0.15) is 44.1 Å². The Morgan fingerprint density at radius 1 is 1.03 bits per heavy atom. The van der Waals surface area contributed by atoms with Crippen molar-refractivity contribution in [2.45, 2.75) is 57.2 Å². The summed E-state index contributed by atoms with van der Waals surface area (Å²) in [5.41, 5.74) is 1.30. The highest BCUT2D eigenvalue weighted by Gasteiger charge is 2.42. The van der Waals surface area contributed by atoms with Crippen molar-refractivity contribution in [2.24, 2.45) is 5.92 Å². The van der Waals surface area contributed by atoms with Crippen LogP contribution in [0, 0.1) is 5.92 Å². The summed E-state index contributed by atoms with van der Waals surface area (Å²) in [7, 11) is 0. The molecule has 2 N–H and O–H groups in total. The lowest BCUT2D eigenvalue weighted by Crippen LogP contribution is -2.62. The molecule has 156 valence electrons. The van der Waals surface area contributed by atoms with Crippen molar-refractivity contribution >= 4 is 17.8 Å². The van der Waals surface area contributed by atoms with Gasteiger partial charge in [-0.3, -0.25) is 19.4 Å². The Labute approximate surface area is 171 Å². The second kappa shape index (κ2) is 8.95. The number of hydrogen-bond acceptors (Lipinski definition) is 4. The van der Waals surface area contributed by atoms with Crippen LogP contribution in [-0.2, 0) is 16.1 Å². The molecule has 4 rings (SSSR count). The molecule has 2 unspecified atom stereocenters. The van der Waals surface area contributed by atoms with E-state index in [1.807, 2.05) is 6.07 Å². The summed E-state index contributed by atoms with van der Waals surface area (Å²) in [5.74, 6) is -0.606. The fourth-order valence-electron chi connectivity index (χ4n) is 4.78. The lowest BCUT2D eigenvalue weighted by Gasteiger charge is -2.40. The van der Waals surface area contributed by atoms with E-state index in [0.717, 1.165) is 63.1 Å². The Bertz CT molecular complexity index is 746. The van der Waals surface area contributed by atoms with E-state index in [2.05, 4.69) is 39.8 Å².